The van der Waals surface area contributed by atoms with Crippen LogP contribution < -0.4 is 4.90 Å². The zero-order valence-corrected chi connectivity index (χ0v) is 19.4. The number of likely N-dealkylation sites (N-methyl/N-ethyl adjacent to an activating group) is 1. The van der Waals surface area contributed by atoms with Crippen LogP contribution in [0.5, 0.6) is 0 Å². The van der Waals surface area contributed by atoms with Gasteiger partial charge >= 0.3 is 0 Å². The predicted octanol–water partition coefficient (Wildman–Crippen LogP) is 3.18. The third-order valence-corrected chi connectivity index (χ3v) is 8.65. The van der Waals surface area contributed by atoms with Gasteiger partial charge in [0.2, 0.25) is 10.0 Å². The molecule has 1 aromatic heterocycles. The molecular weight excluding hydrogens is 453 g/mol. The van der Waals surface area contributed by atoms with Crippen molar-refractivity contribution in [1.82, 2.24) is 9.29 Å². The third-order valence-electron chi connectivity index (χ3n) is 6.74. The fraction of sp³-hybridized carbons (Fsp3) is 0.269. The van der Waals surface area contributed by atoms with Gasteiger partial charge in [0.15, 0.2) is 0 Å². The van der Waals surface area contributed by atoms with Crippen LogP contribution in [0, 0.1) is 23.6 Å². The van der Waals surface area contributed by atoms with Gasteiger partial charge in [-0.25, -0.2) is 12.8 Å². The van der Waals surface area contributed by atoms with Crippen molar-refractivity contribution in [3.63, 3.8) is 0 Å². The number of nitrogens with zero attached hydrogens (tertiary/aromatic N) is 3. The predicted molar refractivity (Wildman–Crippen MR) is 127 cm³/mol. The molecule has 1 N–H and O–H groups in total. The van der Waals surface area contributed by atoms with E-state index in [1.165, 1.54) is 22.5 Å². The first-order valence-electron chi connectivity index (χ1n) is 11.1. The molecule has 2 aromatic carbocycles. The average molecular weight is 478 g/mol. The van der Waals surface area contributed by atoms with Crippen molar-refractivity contribution in [2.24, 2.45) is 5.92 Å². The van der Waals surface area contributed by atoms with E-state index in [1.807, 2.05) is 42.3 Å². The Morgan fingerprint density at radius 3 is 2.65 bits per heavy atom. The van der Waals surface area contributed by atoms with E-state index in [9.17, 15) is 17.9 Å². The summed E-state index contributed by atoms with van der Waals surface area (Å²) < 4.78 is 43.0. The maximum atomic E-state index is 14.5. The Labute approximate surface area is 198 Å². The Morgan fingerprint density at radius 1 is 1.12 bits per heavy atom. The summed E-state index contributed by atoms with van der Waals surface area (Å²) in [5.74, 6) is 5.32. The topological polar surface area (TPSA) is 73.7 Å². The molecule has 2 aliphatic heterocycles. The molecule has 8 heteroatoms. The number of aromatic nitrogens is 1. The summed E-state index contributed by atoms with van der Waals surface area (Å²) in [7, 11) is -2.18. The zero-order chi connectivity index (χ0) is 23.9. The number of fused-ring (bicyclic) bond motifs is 3. The Kier molecular flexibility index (Phi) is 5.86. The minimum Gasteiger partial charge on any atom is -0.394 e. The molecule has 0 aliphatic carbocycles. The fourth-order valence-corrected chi connectivity index (χ4v) is 6.85. The molecule has 174 valence electrons. The lowest BCUT2D eigenvalue weighted by atomic mass is 9.82. The fourth-order valence-electron chi connectivity index (χ4n) is 5.12. The van der Waals surface area contributed by atoms with Crippen molar-refractivity contribution < 1.29 is 17.9 Å². The number of aliphatic hydroxyl groups is 1. The van der Waals surface area contributed by atoms with E-state index in [0.717, 1.165) is 28.4 Å². The highest BCUT2D eigenvalue weighted by Gasteiger charge is 2.50. The third kappa shape index (κ3) is 3.76. The number of anilines is 1. The normalized spacial score (nSPS) is 22.0. The molecule has 0 saturated carbocycles. The lowest BCUT2D eigenvalue weighted by Gasteiger charge is -2.44. The summed E-state index contributed by atoms with van der Waals surface area (Å²) in [4.78, 5) is 5.75. The minimum atomic E-state index is -4.09. The first-order chi connectivity index (χ1) is 16.4. The van der Waals surface area contributed by atoms with Gasteiger partial charge in [0.25, 0.3) is 0 Å². The van der Waals surface area contributed by atoms with Gasteiger partial charge in [0, 0.05) is 48.7 Å². The highest BCUT2D eigenvalue weighted by molar-refractivity contribution is 7.89. The van der Waals surface area contributed by atoms with E-state index in [2.05, 4.69) is 16.8 Å². The Bertz CT molecular complexity index is 1390. The number of sulfonamides is 1. The van der Waals surface area contributed by atoms with Gasteiger partial charge in [-0.15, -0.1) is 0 Å². The van der Waals surface area contributed by atoms with Gasteiger partial charge in [-0.05, 0) is 54.4 Å². The van der Waals surface area contributed by atoms with Gasteiger partial charge in [-0.1, -0.05) is 24.0 Å². The summed E-state index contributed by atoms with van der Waals surface area (Å²) >= 11 is 0. The van der Waals surface area contributed by atoms with Gasteiger partial charge in [-0.2, -0.15) is 4.31 Å². The lowest BCUT2D eigenvalue weighted by molar-refractivity contribution is 0.193. The van der Waals surface area contributed by atoms with E-state index in [1.54, 1.807) is 12.4 Å². The number of rotatable bonds is 3. The van der Waals surface area contributed by atoms with E-state index in [4.69, 9.17) is 0 Å². The van der Waals surface area contributed by atoms with Gasteiger partial charge < -0.3 is 10.0 Å². The molecule has 3 heterocycles. The maximum Gasteiger partial charge on any atom is 0.246 e. The summed E-state index contributed by atoms with van der Waals surface area (Å²) in [6, 6.07) is 14.1. The van der Waals surface area contributed by atoms with E-state index in [-0.39, 0.29) is 30.0 Å². The molecule has 0 spiro atoms. The molecule has 34 heavy (non-hydrogen) atoms. The van der Waals surface area contributed by atoms with Crippen LogP contribution in [0.1, 0.15) is 29.2 Å². The van der Waals surface area contributed by atoms with Crippen LogP contribution in [0.4, 0.5) is 10.1 Å². The summed E-state index contributed by atoms with van der Waals surface area (Å²) in [5, 5.41) is 10.2. The van der Waals surface area contributed by atoms with Gasteiger partial charge in [-0.3, -0.25) is 4.98 Å². The zero-order valence-electron chi connectivity index (χ0n) is 18.6. The molecule has 0 amide bonds. The van der Waals surface area contributed by atoms with Crippen LogP contribution in [-0.4, -0.2) is 49.1 Å². The largest absolute Gasteiger partial charge is 0.394 e. The van der Waals surface area contributed by atoms with Crippen LogP contribution in [0.3, 0.4) is 0 Å². The number of halogens is 1. The van der Waals surface area contributed by atoms with Crippen LogP contribution in [0.15, 0.2) is 71.9 Å². The monoisotopic (exact) mass is 477 g/mol. The second-order valence-corrected chi connectivity index (χ2v) is 10.4. The van der Waals surface area contributed by atoms with Crippen molar-refractivity contribution in [2.75, 3.05) is 25.1 Å². The number of hydrogen-bond acceptors (Lipinski definition) is 5. The average Bonchev–Trinajstić information content (AvgIpc) is 3.30. The number of aliphatic hydroxyl groups excluding tert-OH is 1. The molecule has 1 saturated heterocycles. The lowest BCUT2D eigenvalue weighted by Crippen LogP contribution is -2.48. The van der Waals surface area contributed by atoms with Gasteiger partial charge in [0.1, 0.15) is 10.7 Å². The van der Waals surface area contributed by atoms with Crippen molar-refractivity contribution in [1.29, 1.82) is 0 Å². The first-order valence-corrected chi connectivity index (χ1v) is 12.5. The number of pyridine rings is 1. The second kappa shape index (κ2) is 8.84. The van der Waals surface area contributed by atoms with Crippen LogP contribution >= 0.6 is 0 Å². The Morgan fingerprint density at radius 2 is 1.91 bits per heavy atom. The van der Waals surface area contributed by atoms with E-state index in [0.29, 0.717) is 6.42 Å². The molecule has 3 atom stereocenters. The second-order valence-electron chi connectivity index (χ2n) is 8.57. The molecule has 0 bridgehead atoms. The first kappa shape index (κ1) is 22.5. The quantitative estimate of drug-likeness (QED) is 0.587. The molecule has 0 unspecified atom stereocenters. The molecule has 3 aromatic rings. The summed E-state index contributed by atoms with van der Waals surface area (Å²) in [5.41, 5.74) is 3.17. The minimum absolute atomic E-state index is 0.104. The molecule has 5 rings (SSSR count). The molecule has 6 nitrogen and oxygen atoms in total. The smallest absolute Gasteiger partial charge is 0.246 e. The molecular formula is C26H24FN3O3S. The van der Waals surface area contributed by atoms with E-state index >= 15 is 0 Å². The van der Waals surface area contributed by atoms with Crippen LogP contribution in [0.25, 0.3) is 0 Å². The van der Waals surface area contributed by atoms with Crippen molar-refractivity contribution in [3.8, 4) is 11.8 Å². The Hall–Kier alpha value is -3.25. The molecule has 0 radical (unpaired) electrons. The highest BCUT2D eigenvalue weighted by atomic mass is 32.2. The number of hydrogen-bond donors (Lipinski definition) is 1. The molecule has 2 aliphatic rings. The van der Waals surface area contributed by atoms with E-state index < -0.39 is 21.9 Å². The standard InChI is InChI=1S/C26H24FN3O3S/c1-29-23-11-10-18(8-9-19-5-4-13-28-16-19)15-21(23)26-20(24(29)17-31)12-14-30(26)34(32,33)25-7-3-2-6-22(25)27/h2-7,10-11,13,15-16,20,24,26,31H,12,14,17H2,1H3/t20-,24+,26-/m1/s1. The van der Waals surface area contributed by atoms with Gasteiger partial charge in [0.05, 0.1) is 18.7 Å². The van der Waals surface area contributed by atoms with Crippen molar-refractivity contribution in [3.05, 3.63) is 89.5 Å². The summed E-state index contributed by atoms with van der Waals surface area (Å²) in [6.45, 7) is 0.147. The molecule has 1 fully saturated rings. The van der Waals surface area contributed by atoms with Crippen LogP contribution in [0.2, 0.25) is 0 Å². The Balaban J connectivity index is 1.61. The van der Waals surface area contributed by atoms with Crippen molar-refractivity contribution >= 4 is 15.7 Å². The number of benzene rings is 2. The SMILES string of the molecule is CN1c2ccc(C#Cc3cccnc3)cc2[C@H]2[C@H](CCN2S(=O)(=O)c2ccccc2F)[C@@H]1CO. The van der Waals surface area contributed by atoms with Crippen LogP contribution in [-0.2, 0) is 10.0 Å². The maximum absolute atomic E-state index is 14.5. The highest BCUT2D eigenvalue weighted by Crippen LogP contribution is 2.50. The summed E-state index contributed by atoms with van der Waals surface area (Å²) in [6.07, 6.45) is 3.93. The van der Waals surface area contributed by atoms with Crippen molar-refractivity contribution in [2.45, 2.75) is 23.4 Å².